The fourth-order valence-electron chi connectivity index (χ4n) is 3.30. The molecule has 0 bridgehead atoms. The number of aromatic nitrogens is 1. The molecule has 0 atom stereocenters. The third kappa shape index (κ3) is 4.70. The number of nitrogens with one attached hydrogen (secondary N) is 1. The van der Waals surface area contributed by atoms with E-state index in [4.69, 9.17) is 0 Å². The molecule has 0 radical (unpaired) electrons. The first-order valence-electron chi connectivity index (χ1n) is 9.70. The summed E-state index contributed by atoms with van der Waals surface area (Å²) in [6.45, 7) is 6.18. The van der Waals surface area contributed by atoms with Crippen molar-refractivity contribution in [3.8, 4) is 0 Å². The minimum Gasteiger partial charge on any atom is -0.357 e. The number of amides is 1. The van der Waals surface area contributed by atoms with E-state index in [2.05, 4.69) is 22.1 Å². The van der Waals surface area contributed by atoms with Crippen LogP contribution in [0.3, 0.4) is 0 Å². The molecular formula is C21H27N3O3S. The largest absolute Gasteiger partial charge is 0.357 e. The number of piperidine rings is 1. The third-order valence-electron chi connectivity index (χ3n) is 5.22. The van der Waals surface area contributed by atoms with Crippen molar-refractivity contribution in [2.24, 2.45) is 5.92 Å². The van der Waals surface area contributed by atoms with Crippen molar-refractivity contribution in [1.29, 1.82) is 0 Å². The summed E-state index contributed by atoms with van der Waals surface area (Å²) in [7, 11) is -3.46. The lowest BCUT2D eigenvalue weighted by Gasteiger charge is -2.31. The number of pyridine rings is 1. The zero-order chi connectivity index (χ0) is 20.1. The number of carbonyl (C=O) groups is 1. The van der Waals surface area contributed by atoms with E-state index < -0.39 is 15.7 Å². The van der Waals surface area contributed by atoms with Crippen LogP contribution in [-0.2, 0) is 16.4 Å². The molecule has 28 heavy (non-hydrogen) atoms. The Labute approximate surface area is 166 Å². The number of rotatable bonds is 6. The molecule has 6 nitrogen and oxygen atoms in total. The monoisotopic (exact) mass is 401 g/mol. The summed E-state index contributed by atoms with van der Waals surface area (Å²) in [6, 6.07) is 10.2. The van der Waals surface area contributed by atoms with E-state index in [1.54, 1.807) is 25.3 Å². The molecule has 0 spiro atoms. The van der Waals surface area contributed by atoms with Crippen molar-refractivity contribution in [1.82, 2.24) is 10.3 Å². The molecule has 2 heterocycles. The van der Waals surface area contributed by atoms with Crippen LogP contribution >= 0.6 is 0 Å². The molecule has 1 fully saturated rings. The Morgan fingerprint density at radius 1 is 1.18 bits per heavy atom. The van der Waals surface area contributed by atoms with Gasteiger partial charge < -0.3 is 10.2 Å². The molecule has 1 N–H and O–H groups in total. The molecule has 7 heteroatoms. The summed E-state index contributed by atoms with van der Waals surface area (Å²) >= 11 is 0. The highest BCUT2D eigenvalue weighted by Gasteiger charge is 2.20. The van der Waals surface area contributed by atoms with Crippen LogP contribution < -0.4 is 10.2 Å². The minimum atomic E-state index is -3.46. The van der Waals surface area contributed by atoms with Gasteiger partial charge in [-0.05, 0) is 42.5 Å². The molecule has 1 amide bonds. The summed E-state index contributed by atoms with van der Waals surface area (Å²) in [5, 5.41) is 2.80. The molecule has 0 unspecified atom stereocenters. The summed E-state index contributed by atoms with van der Waals surface area (Å²) in [6.07, 6.45) is 4.13. The average molecular weight is 402 g/mol. The quantitative estimate of drug-likeness (QED) is 0.805. The average Bonchev–Trinajstić information content (AvgIpc) is 2.73. The Hall–Kier alpha value is -2.41. The zero-order valence-electron chi connectivity index (χ0n) is 16.4. The molecule has 1 aromatic carbocycles. The van der Waals surface area contributed by atoms with Crippen molar-refractivity contribution >= 4 is 21.6 Å². The van der Waals surface area contributed by atoms with Gasteiger partial charge in [0.2, 0.25) is 0 Å². The van der Waals surface area contributed by atoms with Crippen molar-refractivity contribution < 1.29 is 13.2 Å². The predicted octanol–water partition coefficient (Wildman–Crippen LogP) is 3.04. The van der Waals surface area contributed by atoms with Gasteiger partial charge in [-0.2, -0.15) is 0 Å². The van der Waals surface area contributed by atoms with Gasteiger partial charge in [-0.1, -0.05) is 32.0 Å². The van der Waals surface area contributed by atoms with E-state index in [1.807, 2.05) is 12.1 Å². The number of benzene rings is 1. The Kier molecular flexibility index (Phi) is 6.34. The van der Waals surface area contributed by atoms with Crippen molar-refractivity contribution in [2.75, 3.05) is 23.7 Å². The van der Waals surface area contributed by atoms with Gasteiger partial charge in [-0.25, -0.2) is 13.4 Å². The second kappa shape index (κ2) is 8.73. The van der Waals surface area contributed by atoms with Gasteiger partial charge in [0.15, 0.2) is 9.84 Å². The van der Waals surface area contributed by atoms with E-state index in [0.717, 1.165) is 30.4 Å². The van der Waals surface area contributed by atoms with Crippen LogP contribution in [0.4, 0.5) is 5.82 Å². The summed E-state index contributed by atoms with van der Waals surface area (Å²) in [5.41, 5.74) is 1.05. The second-order valence-corrected chi connectivity index (χ2v) is 9.52. The van der Waals surface area contributed by atoms with Gasteiger partial charge in [0.05, 0.1) is 16.2 Å². The lowest BCUT2D eigenvalue weighted by atomic mass is 9.99. The lowest BCUT2D eigenvalue weighted by molar-refractivity contribution is 0.0947. The van der Waals surface area contributed by atoms with E-state index >= 15 is 0 Å². The Bertz CT molecular complexity index is 918. The summed E-state index contributed by atoms with van der Waals surface area (Å²) < 4.78 is 24.4. The minimum absolute atomic E-state index is 0.0437. The van der Waals surface area contributed by atoms with Gasteiger partial charge >= 0.3 is 0 Å². The van der Waals surface area contributed by atoms with E-state index in [0.29, 0.717) is 6.54 Å². The maximum Gasteiger partial charge on any atom is 0.252 e. The Balaban J connectivity index is 1.64. The second-order valence-electron chi connectivity index (χ2n) is 7.28. The van der Waals surface area contributed by atoms with Crippen LogP contribution in [0.15, 0.2) is 47.5 Å². The zero-order valence-corrected chi connectivity index (χ0v) is 17.2. The molecule has 1 aromatic heterocycles. The Morgan fingerprint density at radius 2 is 1.89 bits per heavy atom. The van der Waals surface area contributed by atoms with Gasteiger partial charge in [-0.3, -0.25) is 4.79 Å². The van der Waals surface area contributed by atoms with Crippen molar-refractivity contribution in [3.05, 3.63) is 53.7 Å². The van der Waals surface area contributed by atoms with Gasteiger partial charge in [0.25, 0.3) is 5.91 Å². The maximum atomic E-state index is 12.5. The van der Waals surface area contributed by atoms with E-state index in [-0.39, 0.29) is 16.2 Å². The van der Waals surface area contributed by atoms with E-state index in [9.17, 15) is 13.2 Å². The molecule has 150 valence electrons. The first-order chi connectivity index (χ1) is 13.4. The van der Waals surface area contributed by atoms with Crippen LogP contribution in [0.5, 0.6) is 0 Å². The highest BCUT2D eigenvalue weighted by Crippen LogP contribution is 2.21. The summed E-state index contributed by atoms with van der Waals surface area (Å²) in [5.74, 6) is 1.28. The molecule has 1 saturated heterocycles. The molecule has 1 aliphatic rings. The van der Waals surface area contributed by atoms with Crippen LogP contribution in [0.25, 0.3) is 0 Å². The van der Waals surface area contributed by atoms with Gasteiger partial charge in [0, 0.05) is 25.8 Å². The highest BCUT2D eigenvalue weighted by molar-refractivity contribution is 7.91. The number of hydrogen-bond acceptors (Lipinski definition) is 5. The van der Waals surface area contributed by atoms with Crippen LogP contribution in [0.2, 0.25) is 0 Å². The summed E-state index contributed by atoms with van der Waals surface area (Å²) in [4.78, 5) is 19.4. The number of carbonyl (C=O) groups excluding carboxylic acids is 1. The van der Waals surface area contributed by atoms with Crippen LogP contribution in [0.1, 0.15) is 42.6 Å². The molecule has 0 saturated carbocycles. The van der Waals surface area contributed by atoms with Gasteiger partial charge in [0.1, 0.15) is 5.82 Å². The molecule has 1 aliphatic heterocycles. The van der Waals surface area contributed by atoms with Crippen molar-refractivity contribution in [2.45, 2.75) is 38.1 Å². The van der Waals surface area contributed by atoms with Crippen molar-refractivity contribution in [3.63, 3.8) is 0 Å². The number of nitrogens with zero attached hydrogens (tertiary/aromatic N) is 2. The number of anilines is 1. The maximum absolute atomic E-state index is 12.5. The standard InChI is InChI=1S/C21H27N3O3S/c1-3-28(26,27)19-7-5-4-6-18(19)21(25)23-15-17-8-9-20(22-14-17)24-12-10-16(2)11-13-24/h4-9,14,16H,3,10-13,15H2,1-2H3,(H,23,25). The normalized spacial score (nSPS) is 15.4. The first-order valence-corrected chi connectivity index (χ1v) is 11.4. The fourth-order valence-corrected chi connectivity index (χ4v) is 4.40. The molecule has 2 aromatic rings. The molecule has 3 rings (SSSR count). The SMILES string of the molecule is CCS(=O)(=O)c1ccccc1C(=O)NCc1ccc(N2CCC(C)CC2)nc1. The predicted molar refractivity (Wildman–Crippen MR) is 110 cm³/mol. The lowest BCUT2D eigenvalue weighted by Crippen LogP contribution is -2.33. The first kappa shape index (κ1) is 20.3. The van der Waals surface area contributed by atoms with Gasteiger partial charge in [-0.15, -0.1) is 0 Å². The molecule has 0 aliphatic carbocycles. The van der Waals surface area contributed by atoms with E-state index in [1.165, 1.54) is 25.0 Å². The van der Waals surface area contributed by atoms with Crippen LogP contribution in [0, 0.1) is 5.92 Å². The number of hydrogen-bond donors (Lipinski definition) is 1. The topological polar surface area (TPSA) is 79.4 Å². The highest BCUT2D eigenvalue weighted by atomic mass is 32.2. The smallest absolute Gasteiger partial charge is 0.252 e. The van der Waals surface area contributed by atoms with Crippen LogP contribution in [-0.4, -0.2) is 38.2 Å². The third-order valence-corrected chi connectivity index (χ3v) is 7.00. The fraction of sp³-hybridized carbons (Fsp3) is 0.429. The number of sulfone groups is 1. The molecular weight excluding hydrogens is 374 g/mol. The Morgan fingerprint density at radius 3 is 2.54 bits per heavy atom.